The molecule has 0 unspecified atom stereocenters. The van der Waals surface area contributed by atoms with Crippen molar-refractivity contribution in [2.75, 3.05) is 11.8 Å². The van der Waals surface area contributed by atoms with Crippen molar-refractivity contribution in [3.63, 3.8) is 0 Å². The van der Waals surface area contributed by atoms with E-state index in [-0.39, 0.29) is 5.03 Å². The Morgan fingerprint density at radius 2 is 2.05 bits per heavy atom. The molecule has 0 spiro atoms. The third kappa shape index (κ3) is 3.10. The average molecular weight is 411 g/mol. The van der Waals surface area contributed by atoms with Crippen LogP contribution in [0.2, 0.25) is 0 Å². The smallest absolute Gasteiger partial charge is 0.279 e. The zero-order valence-electron chi connectivity index (χ0n) is 9.65. The Labute approximate surface area is 126 Å². The van der Waals surface area contributed by atoms with E-state index in [1.54, 1.807) is 12.1 Å². The molecule has 0 bridgehead atoms. The van der Waals surface area contributed by atoms with E-state index in [4.69, 9.17) is 4.74 Å². The minimum atomic E-state index is -3.70. The Balaban J connectivity index is 2.39. The molecule has 0 atom stereocenters. The summed E-state index contributed by atoms with van der Waals surface area (Å²) in [5.74, 6) is 0.519. The number of aromatic nitrogens is 2. The van der Waals surface area contributed by atoms with Gasteiger partial charge in [0.25, 0.3) is 10.0 Å². The van der Waals surface area contributed by atoms with Crippen molar-refractivity contribution >= 4 is 47.6 Å². The van der Waals surface area contributed by atoms with Crippen LogP contribution in [0.4, 0.5) is 5.69 Å². The molecule has 1 aromatic carbocycles. The summed E-state index contributed by atoms with van der Waals surface area (Å²) in [7, 11) is -2.20. The van der Waals surface area contributed by atoms with Crippen LogP contribution in [0.25, 0.3) is 0 Å². The van der Waals surface area contributed by atoms with Crippen molar-refractivity contribution in [3.8, 4) is 5.75 Å². The van der Waals surface area contributed by atoms with Crippen LogP contribution in [0.5, 0.6) is 5.75 Å². The first kappa shape index (κ1) is 14.4. The van der Waals surface area contributed by atoms with Crippen LogP contribution in [0, 0.1) is 0 Å². The van der Waals surface area contributed by atoms with E-state index in [0.29, 0.717) is 20.4 Å². The van der Waals surface area contributed by atoms with Gasteiger partial charge in [-0.2, -0.15) is 8.42 Å². The van der Waals surface area contributed by atoms with Gasteiger partial charge in [-0.05, 0) is 37.9 Å². The number of aromatic amines is 1. The maximum absolute atomic E-state index is 12.0. The van der Waals surface area contributed by atoms with Gasteiger partial charge in [0.05, 0.1) is 29.8 Å². The third-order valence-corrected chi connectivity index (χ3v) is 4.82. The Morgan fingerprint density at radius 1 is 1.32 bits per heavy atom. The molecule has 0 fully saturated rings. The number of methoxy groups -OCH3 is 1. The summed E-state index contributed by atoms with van der Waals surface area (Å²) in [6.45, 7) is 0. The van der Waals surface area contributed by atoms with Gasteiger partial charge in [-0.1, -0.05) is 0 Å². The summed E-state index contributed by atoms with van der Waals surface area (Å²) in [4.78, 5) is 6.22. The minimum absolute atomic E-state index is 0.0127. The molecule has 0 radical (unpaired) electrons. The normalized spacial score (nSPS) is 11.3. The first-order valence-electron chi connectivity index (χ1n) is 4.98. The zero-order chi connectivity index (χ0) is 14.0. The van der Waals surface area contributed by atoms with Gasteiger partial charge in [0.2, 0.25) is 0 Å². The highest BCUT2D eigenvalue weighted by molar-refractivity contribution is 9.11. The van der Waals surface area contributed by atoms with Gasteiger partial charge in [0, 0.05) is 10.5 Å². The number of sulfonamides is 1. The maximum Gasteiger partial charge on any atom is 0.279 e. The first-order chi connectivity index (χ1) is 8.94. The van der Waals surface area contributed by atoms with Gasteiger partial charge in [0.1, 0.15) is 5.75 Å². The van der Waals surface area contributed by atoms with Gasteiger partial charge in [0.15, 0.2) is 5.03 Å². The molecule has 2 aromatic rings. The summed E-state index contributed by atoms with van der Waals surface area (Å²) in [6, 6.07) is 3.27. The fourth-order valence-electron chi connectivity index (χ4n) is 1.35. The van der Waals surface area contributed by atoms with E-state index in [2.05, 4.69) is 46.5 Å². The molecule has 0 saturated carbocycles. The molecule has 0 aliphatic rings. The largest absolute Gasteiger partial charge is 0.495 e. The van der Waals surface area contributed by atoms with Crippen LogP contribution in [-0.4, -0.2) is 25.5 Å². The van der Waals surface area contributed by atoms with Crippen LogP contribution in [0.1, 0.15) is 0 Å². The molecule has 0 amide bonds. The van der Waals surface area contributed by atoms with E-state index >= 15 is 0 Å². The molecule has 2 N–H and O–H groups in total. The fraction of sp³-hybridized carbons (Fsp3) is 0.100. The van der Waals surface area contributed by atoms with Crippen LogP contribution in [-0.2, 0) is 10.0 Å². The lowest BCUT2D eigenvalue weighted by atomic mass is 10.3. The molecular weight excluding hydrogens is 402 g/mol. The molecule has 19 heavy (non-hydrogen) atoms. The fourth-order valence-corrected chi connectivity index (χ4v) is 3.72. The van der Waals surface area contributed by atoms with Crippen molar-refractivity contribution in [2.24, 2.45) is 0 Å². The minimum Gasteiger partial charge on any atom is -0.495 e. The van der Waals surface area contributed by atoms with Crippen molar-refractivity contribution in [3.05, 3.63) is 33.6 Å². The van der Waals surface area contributed by atoms with Gasteiger partial charge >= 0.3 is 0 Å². The number of H-pyrrole nitrogens is 1. The number of rotatable bonds is 4. The first-order valence-corrected chi connectivity index (χ1v) is 8.05. The van der Waals surface area contributed by atoms with Crippen LogP contribution >= 0.6 is 31.9 Å². The number of halogens is 2. The van der Waals surface area contributed by atoms with E-state index in [1.807, 2.05) is 0 Å². The Morgan fingerprint density at radius 3 is 2.63 bits per heavy atom. The summed E-state index contributed by atoms with van der Waals surface area (Å²) in [6.07, 6.45) is 2.53. The number of nitrogens with one attached hydrogen (secondary N) is 2. The molecule has 1 heterocycles. The Bertz CT molecular complexity index is 686. The van der Waals surface area contributed by atoms with E-state index < -0.39 is 10.0 Å². The Hall–Kier alpha value is -1.06. The van der Waals surface area contributed by atoms with Crippen LogP contribution in [0.15, 0.2) is 38.6 Å². The number of ether oxygens (including phenoxy) is 1. The molecule has 1 aromatic heterocycles. The lowest BCUT2D eigenvalue weighted by molar-refractivity contribution is 0.412. The molecule has 102 valence electrons. The topological polar surface area (TPSA) is 84.1 Å². The molecule has 0 saturated heterocycles. The molecule has 0 aliphatic carbocycles. The number of benzene rings is 1. The van der Waals surface area contributed by atoms with Crippen LogP contribution in [0.3, 0.4) is 0 Å². The lowest BCUT2D eigenvalue weighted by Crippen LogP contribution is -2.13. The van der Waals surface area contributed by atoms with Crippen molar-refractivity contribution in [2.45, 2.75) is 5.03 Å². The molecule has 2 rings (SSSR count). The second-order valence-corrected chi connectivity index (χ2v) is 6.85. The zero-order valence-corrected chi connectivity index (χ0v) is 13.6. The summed E-state index contributed by atoms with van der Waals surface area (Å²) in [5, 5.41) is -0.0127. The molecule has 0 aliphatic heterocycles. The summed E-state index contributed by atoms with van der Waals surface area (Å²) in [5.41, 5.74) is 0.370. The molecule has 9 heteroatoms. The Kier molecular flexibility index (Phi) is 4.16. The number of nitrogens with zero attached hydrogens (tertiary/aromatic N) is 1. The third-order valence-electron chi connectivity index (χ3n) is 2.25. The molecule has 6 nitrogen and oxygen atoms in total. The van der Waals surface area contributed by atoms with Gasteiger partial charge in [-0.15, -0.1) is 0 Å². The van der Waals surface area contributed by atoms with Crippen molar-refractivity contribution in [1.29, 1.82) is 0 Å². The van der Waals surface area contributed by atoms with Crippen molar-refractivity contribution in [1.82, 2.24) is 9.97 Å². The predicted octanol–water partition coefficient (Wildman–Crippen LogP) is 2.74. The number of anilines is 1. The van der Waals surface area contributed by atoms with Gasteiger partial charge in [-0.25, -0.2) is 4.98 Å². The maximum atomic E-state index is 12.0. The highest BCUT2D eigenvalue weighted by Crippen LogP contribution is 2.35. The summed E-state index contributed by atoms with van der Waals surface area (Å²) >= 11 is 6.60. The quantitative estimate of drug-likeness (QED) is 0.811. The van der Waals surface area contributed by atoms with E-state index in [1.165, 1.54) is 19.6 Å². The van der Waals surface area contributed by atoms with Gasteiger partial charge in [-0.3, -0.25) is 4.72 Å². The second kappa shape index (κ2) is 5.51. The SMILES string of the molecule is COc1cc(NS(=O)(=O)c2cnc[nH]2)c(Br)cc1Br. The number of hydrogen-bond donors (Lipinski definition) is 2. The predicted molar refractivity (Wildman–Crippen MR) is 77.8 cm³/mol. The van der Waals surface area contributed by atoms with Crippen molar-refractivity contribution < 1.29 is 13.2 Å². The average Bonchev–Trinajstić information content (AvgIpc) is 2.87. The van der Waals surface area contributed by atoms with Crippen LogP contribution < -0.4 is 9.46 Å². The lowest BCUT2D eigenvalue weighted by Gasteiger charge is -2.11. The van der Waals surface area contributed by atoms with E-state index in [0.717, 1.165) is 0 Å². The molecular formula is C10H9Br2N3O3S. The van der Waals surface area contributed by atoms with Gasteiger partial charge < -0.3 is 9.72 Å². The summed E-state index contributed by atoms with van der Waals surface area (Å²) < 4.78 is 33.0. The second-order valence-electron chi connectivity index (χ2n) is 3.49. The monoisotopic (exact) mass is 409 g/mol. The number of hydrogen-bond acceptors (Lipinski definition) is 4. The number of imidazole rings is 1. The van der Waals surface area contributed by atoms with E-state index in [9.17, 15) is 8.42 Å². The highest BCUT2D eigenvalue weighted by atomic mass is 79.9. The highest BCUT2D eigenvalue weighted by Gasteiger charge is 2.18. The standard InChI is InChI=1S/C10H9Br2N3O3S/c1-18-9-3-8(6(11)2-7(9)12)15-19(16,17)10-4-13-5-14-10/h2-5,15H,1H3,(H,13,14).